The molecule has 0 unspecified atom stereocenters. The van der Waals surface area contributed by atoms with Crippen molar-refractivity contribution >= 4 is 16.0 Å². The molecular formula is C12H8F17NO4S. The van der Waals surface area contributed by atoms with Crippen LogP contribution in [-0.4, -0.2) is 73.5 Å². The van der Waals surface area contributed by atoms with Crippen LogP contribution in [0, 0.1) is 0 Å². The summed E-state index contributed by atoms with van der Waals surface area (Å²) in [6.07, 6.45) is -7.02. The van der Waals surface area contributed by atoms with Crippen LogP contribution in [-0.2, 0) is 14.8 Å². The smallest absolute Gasteiger partial charge is 0.460 e. The van der Waals surface area contributed by atoms with Crippen LogP contribution in [0.2, 0.25) is 0 Å². The Bertz CT molecular complexity index is 893. The molecule has 0 aromatic heterocycles. The van der Waals surface area contributed by atoms with Gasteiger partial charge in [-0.25, -0.2) is 17.9 Å². The molecule has 35 heavy (non-hydrogen) atoms. The minimum absolute atomic E-state index is 0.184. The minimum Gasteiger partial charge on any atom is -0.478 e. The number of aliphatic carboxylic acids is 1. The molecule has 0 radical (unpaired) electrons. The highest BCUT2D eigenvalue weighted by Gasteiger charge is 2.96. The quantitative estimate of drug-likeness (QED) is 0.302. The van der Waals surface area contributed by atoms with Crippen LogP contribution >= 0.6 is 0 Å². The van der Waals surface area contributed by atoms with Crippen LogP contribution in [0.3, 0.4) is 0 Å². The van der Waals surface area contributed by atoms with Crippen LogP contribution in [0.25, 0.3) is 0 Å². The highest BCUT2D eigenvalue weighted by Crippen LogP contribution is 2.64. The van der Waals surface area contributed by atoms with E-state index in [1.54, 1.807) is 0 Å². The lowest BCUT2D eigenvalue weighted by molar-refractivity contribution is -0.458. The summed E-state index contributed by atoms with van der Waals surface area (Å²) >= 11 is 0. The molecule has 0 amide bonds. The van der Waals surface area contributed by atoms with Gasteiger partial charge in [0, 0.05) is 6.08 Å². The number of carbonyl (C=O) groups is 1. The molecule has 23 heteroatoms. The lowest BCUT2D eigenvalue weighted by Crippen LogP contribution is -2.75. The maximum atomic E-state index is 13.2. The van der Waals surface area contributed by atoms with Crippen LogP contribution < -0.4 is 4.72 Å². The summed E-state index contributed by atoms with van der Waals surface area (Å²) in [4.78, 5) is 9.25. The fraction of sp³-hybridized carbons (Fsp3) is 0.750. The van der Waals surface area contributed by atoms with E-state index in [0.29, 0.717) is 0 Å². The number of carboxylic acid groups (broad SMARTS) is 1. The van der Waals surface area contributed by atoms with E-state index in [2.05, 4.69) is 6.58 Å². The fourth-order valence-corrected chi connectivity index (χ4v) is 2.17. The highest BCUT2D eigenvalue weighted by atomic mass is 32.2. The van der Waals surface area contributed by atoms with Crippen molar-refractivity contribution in [3.63, 3.8) is 0 Å². The normalized spacial score (nSPS) is 15.3. The van der Waals surface area contributed by atoms with Gasteiger partial charge in [0.2, 0.25) is 0 Å². The van der Waals surface area contributed by atoms with E-state index < -0.39 is 63.0 Å². The second-order valence-corrected chi connectivity index (χ2v) is 7.64. The van der Waals surface area contributed by atoms with Crippen molar-refractivity contribution in [1.82, 2.24) is 4.72 Å². The van der Waals surface area contributed by atoms with Crippen molar-refractivity contribution in [2.45, 2.75) is 47.0 Å². The molecule has 210 valence electrons. The number of hydrogen-bond acceptors (Lipinski definition) is 3. The number of rotatable bonds is 9. The maximum absolute atomic E-state index is 13.2. The molecule has 0 heterocycles. The van der Waals surface area contributed by atoms with Gasteiger partial charge in [-0.05, 0) is 7.05 Å². The van der Waals surface area contributed by atoms with Gasteiger partial charge in [-0.3, -0.25) is 0 Å². The molecule has 0 saturated carbocycles. The van der Waals surface area contributed by atoms with E-state index in [4.69, 9.17) is 5.11 Å². The number of hydrogen-bond donors (Lipinski definition) is 2. The molecule has 0 atom stereocenters. The van der Waals surface area contributed by atoms with Gasteiger partial charge in [-0.1, -0.05) is 6.58 Å². The van der Waals surface area contributed by atoms with Gasteiger partial charge in [0.15, 0.2) is 0 Å². The first-order chi connectivity index (χ1) is 14.8. The molecule has 2 N–H and O–H groups in total. The summed E-state index contributed by atoms with van der Waals surface area (Å²) in [6, 6.07) is 0. The standard InChI is InChI=1S/C9H4F17NO2S.C3H4O2/c1-27-30(28,29)9(25,26)7(20,21)5(16,17)3(12,13)2(10,11)4(14,15)6(18,19)8(22,23)24;1-2-3(4)5/h27H,1H3;2H,1H2,(H,4,5). The summed E-state index contributed by atoms with van der Waals surface area (Å²) in [5, 5.41) is 0.104. The number of nitrogens with one attached hydrogen (secondary N) is 1. The second-order valence-electron chi connectivity index (χ2n) is 5.71. The van der Waals surface area contributed by atoms with Gasteiger partial charge >= 0.3 is 52.9 Å². The summed E-state index contributed by atoms with van der Waals surface area (Å²) in [7, 11) is -7.36. The molecule has 5 nitrogen and oxygen atoms in total. The third-order valence-corrected chi connectivity index (χ3v) is 4.94. The average Bonchev–Trinajstić information content (AvgIpc) is 2.66. The third-order valence-electron chi connectivity index (χ3n) is 3.47. The van der Waals surface area contributed by atoms with Gasteiger partial charge < -0.3 is 5.11 Å². The van der Waals surface area contributed by atoms with Crippen molar-refractivity contribution < 1.29 is 93.0 Å². The van der Waals surface area contributed by atoms with Crippen LogP contribution in [0.1, 0.15) is 0 Å². The molecule has 0 aromatic carbocycles. The van der Waals surface area contributed by atoms with Crippen LogP contribution in [0.15, 0.2) is 12.7 Å². The molecule has 0 aromatic rings. The van der Waals surface area contributed by atoms with Crippen molar-refractivity contribution in [2.24, 2.45) is 0 Å². The van der Waals surface area contributed by atoms with E-state index >= 15 is 0 Å². The van der Waals surface area contributed by atoms with Crippen molar-refractivity contribution in [3.05, 3.63) is 12.7 Å². The number of sulfonamides is 1. The Kier molecular flexibility index (Phi) is 9.45. The maximum Gasteiger partial charge on any atom is 0.460 e. The topological polar surface area (TPSA) is 83.5 Å². The van der Waals surface area contributed by atoms with Gasteiger partial charge in [-0.2, -0.15) is 74.6 Å². The Labute approximate surface area is 181 Å². The number of carboxylic acids is 1. The SMILES string of the molecule is C=CC(=O)O.CNS(=O)(=O)C(F)(F)C(F)(F)C(F)(F)C(F)(F)C(F)(F)C(F)(F)C(F)(F)C(F)(F)F. The van der Waals surface area contributed by atoms with E-state index in [-0.39, 0.29) is 11.8 Å². The van der Waals surface area contributed by atoms with Crippen LogP contribution in [0.4, 0.5) is 74.6 Å². The Balaban J connectivity index is 0. The fourth-order valence-electron chi connectivity index (χ4n) is 1.45. The lowest BCUT2D eigenvalue weighted by atomic mass is 9.91. The molecule has 0 aliphatic heterocycles. The van der Waals surface area contributed by atoms with Crippen molar-refractivity contribution in [3.8, 4) is 0 Å². The summed E-state index contributed by atoms with van der Waals surface area (Å²) in [6.45, 7) is 2.96. The van der Waals surface area contributed by atoms with Gasteiger partial charge in [0.05, 0.1) is 0 Å². The molecular weight excluding hydrogens is 577 g/mol. The van der Waals surface area contributed by atoms with Crippen LogP contribution in [0.5, 0.6) is 0 Å². The molecule has 0 spiro atoms. The monoisotopic (exact) mass is 585 g/mol. The van der Waals surface area contributed by atoms with Gasteiger partial charge in [-0.15, -0.1) is 0 Å². The van der Waals surface area contributed by atoms with E-state index in [1.807, 2.05) is 0 Å². The number of alkyl halides is 17. The van der Waals surface area contributed by atoms with Crippen molar-refractivity contribution in [1.29, 1.82) is 0 Å². The van der Waals surface area contributed by atoms with Gasteiger partial charge in [0.25, 0.3) is 10.0 Å². The Hall–Kier alpha value is -2.07. The zero-order valence-electron chi connectivity index (χ0n) is 15.8. The van der Waals surface area contributed by atoms with E-state index in [0.717, 1.165) is 6.08 Å². The lowest BCUT2D eigenvalue weighted by Gasteiger charge is -2.42. The van der Waals surface area contributed by atoms with E-state index in [1.165, 1.54) is 0 Å². The predicted octanol–water partition coefficient (Wildman–Crippen LogP) is 4.76. The summed E-state index contributed by atoms with van der Waals surface area (Å²) in [5.74, 6) is -52.4. The molecule has 0 aliphatic rings. The Morgan fingerprint density at radius 3 is 1.09 bits per heavy atom. The first kappa shape index (κ1) is 35.1. The second kappa shape index (κ2) is 9.42. The third kappa shape index (κ3) is 5.09. The zero-order valence-corrected chi connectivity index (χ0v) is 16.6. The first-order valence-corrected chi connectivity index (χ1v) is 8.81. The largest absolute Gasteiger partial charge is 0.478 e. The molecule has 0 rings (SSSR count). The minimum atomic E-state index is -8.81. The Morgan fingerprint density at radius 2 is 0.886 bits per heavy atom. The van der Waals surface area contributed by atoms with Gasteiger partial charge in [0.1, 0.15) is 0 Å². The number of halogens is 17. The first-order valence-electron chi connectivity index (χ1n) is 7.33. The predicted molar refractivity (Wildman–Crippen MR) is 76.5 cm³/mol. The highest BCUT2D eigenvalue weighted by molar-refractivity contribution is 7.90. The molecule has 0 bridgehead atoms. The molecule has 0 aliphatic carbocycles. The average molecular weight is 585 g/mol. The molecule has 0 saturated heterocycles. The van der Waals surface area contributed by atoms with Crippen molar-refractivity contribution in [2.75, 3.05) is 7.05 Å². The Morgan fingerprint density at radius 1 is 0.657 bits per heavy atom. The summed E-state index contributed by atoms with van der Waals surface area (Å²) in [5.41, 5.74) is 0. The van der Waals surface area contributed by atoms with E-state index in [9.17, 15) is 87.8 Å². The summed E-state index contributed by atoms with van der Waals surface area (Å²) < 4.78 is 240. The molecule has 0 fully saturated rings. The zero-order chi connectivity index (χ0) is 29.5.